The minimum absolute atomic E-state index is 0.0611. The summed E-state index contributed by atoms with van der Waals surface area (Å²) in [5.74, 6) is 0.425. The number of nitrogens with zero attached hydrogens (tertiary/aromatic N) is 1. The molecular weight excluding hydrogens is 250 g/mol. The lowest BCUT2D eigenvalue weighted by Gasteiger charge is -2.10. The zero-order valence-corrected chi connectivity index (χ0v) is 11.7. The summed E-state index contributed by atoms with van der Waals surface area (Å²) in [6.45, 7) is 4.77. The summed E-state index contributed by atoms with van der Waals surface area (Å²) in [6.07, 6.45) is 2.55. The number of hydrogen-bond donors (Lipinski definition) is 2. The first kappa shape index (κ1) is 13.3. The minimum atomic E-state index is -3.53. The second kappa shape index (κ2) is 4.51. The van der Waals surface area contributed by atoms with Crippen molar-refractivity contribution in [1.82, 2.24) is 9.71 Å². The SMILES string of the molecule is CNc1cccnc1S(=O)(=O)NCC1CC1(C)C. The highest BCUT2D eigenvalue weighted by atomic mass is 32.2. The second-order valence-electron chi connectivity index (χ2n) is 5.35. The van der Waals surface area contributed by atoms with Gasteiger partial charge < -0.3 is 5.32 Å². The maximum absolute atomic E-state index is 12.1. The Morgan fingerprint density at radius 1 is 1.50 bits per heavy atom. The molecule has 1 heterocycles. The second-order valence-corrected chi connectivity index (χ2v) is 7.03. The van der Waals surface area contributed by atoms with Crippen LogP contribution in [0.4, 0.5) is 5.69 Å². The zero-order valence-electron chi connectivity index (χ0n) is 10.9. The molecule has 1 aliphatic carbocycles. The zero-order chi connectivity index (χ0) is 13.4. The molecule has 18 heavy (non-hydrogen) atoms. The van der Waals surface area contributed by atoms with Crippen LogP contribution in [0.2, 0.25) is 0 Å². The monoisotopic (exact) mass is 269 g/mol. The maximum atomic E-state index is 12.1. The van der Waals surface area contributed by atoms with E-state index in [0.29, 0.717) is 18.2 Å². The first-order valence-corrected chi connectivity index (χ1v) is 7.47. The number of nitrogens with one attached hydrogen (secondary N) is 2. The molecular formula is C12H19N3O2S. The number of sulfonamides is 1. The summed E-state index contributed by atoms with van der Waals surface area (Å²) in [6, 6.07) is 3.40. The van der Waals surface area contributed by atoms with Crippen molar-refractivity contribution in [2.24, 2.45) is 11.3 Å². The summed E-state index contributed by atoms with van der Waals surface area (Å²) in [7, 11) is -1.85. The molecule has 1 aliphatic rings. The number of aromatic nitrogens is 1. The van der Waals surface area contributed by atoms with E-state index >= 15 is 0 Å². The Morgan fingerprint density at radius 2 is 2.17 bits per heavy atom. The van der Waals surface area contributed by atoms with E-state index in [4.69, 9.17) is 0 Å². The predicted octanol–water partition coefficient (Wildman–Crippen LogP) is 1.45. The molecule has 0 radical (unpaired) electrons. The summed E-state index contributed by atoms with van der Waals surface area (Å²) < 4.78 is 26.9. The fourth-order valence-electron chi connectivity index (χ4n) is 2.00. The Morgan fingerprint density at radius 3 is 2.72 bits per heavy atom. The first-order valence-electron chi connectivity index (χ1n) is 5.99. The van der Waals surface area contributed by atoms with E-state index in [2.05, 4.69) is 28.9 Å². The van der Waals surface area contributed by atoms with E-state index < -0.39 is 10.0 Å². The van der Waals surface area contributed by atoms with Crippen LogP contribution in [0.5, 0.6) is 0 Å². The van der Waals surface area contributed by atoms with Gasteiger partial charge in [-0.25, -0.2) is 18.1 Å². The van der Waals surface area contributed by atoms with Gasteiger partial charge in [0.25, 0.3) is 10.0 Å². The van der Waals surface area contributed by atoms with E-state index in [0.717, 1.165) is 6.42 Å². The predicted molar refractivity (Wildman–Crippen MR) is 70.9 cm³/mol. The van der Waals surface area contributed by atoms with Crippen molar-refractivity contribution >= 4 is 15.7 Å². The summed E-state index contributed by atoms with van der Waals surface area (Å²) in [5.41, 5.74) is 0.776. The first-order chi connectivity index (χ1) is 8.37. The number of anilines is 1. The third-order valence-corrected chi connectivity index (χ3v) is 4.91. The van der Waals surface area contributed by atoms with Crippen LogP contribution in [0, 0.1) is 11.3 Å². The van der Waals surface area contributed by atoms with Gasteiger partial charge in [0.05, 0.1) is 5.69 Å². The lowest BCUT2D eigenvalue weighted by Crippen LogP contribution is -2.28. The molecule has 0 spiro atoms. The molecule has 0 amide bonds. The summed E-state index contributed by atoms with van der Waals surface area (Å²) in [5, 5.41) is 2.90. The van der Waals surface area contributed by atoms with Gasteiger partial charge in [0.1, 0.15) is 0 Å². The Labute approximate surface area is 108 Å². The molecule has 1 aromatic heterocycles. The van der Waals surface area contributed by atoms with Gasteiger partial charge in [-0.05, 0) is 29.9 Å². The van der Waals surface area contributed by atoms with Crippen LogP contribution in [0.1, 0.15) is 20.3 Å². The van der Waals surface area contributed by atoms with Gasteiger partial charge in [0.2, 0.25) is 0 Å². The van der Waals surface area contributed by atoms with Crippen LogP contribution in [0.25, 0.3) is 0 Å². The highest BCUT2D eigenvalue weighted by Crippen LogP contribution is 2.51. The molecule has 0 aliphatic heterocycles. The molecule has 0 bridgehead atoms. The van der Waals surface area contributed by atoms with Gasteiger partial charge in [-0.1, -0.05) is 13.8 Å². The average molecular weight is 269 g/mol. The molecule has 1 aromatic rings. The van der Waals surface area contributed by atoms with Crippen LogP contribution in [-0.4, -0.2) is 27.0 Å². The molecule has 2 N–H and O–H groups in total. The van der Waals surface area contributed by atoms with Crippen LogP contribution in [0.3, 0.4) is 0 Å². The molecule has 100 valence electrons. The maximum Gasteiger partial charge on any atom is 0.260 e. The van der Waals surface area contributed by atoms with Crippen molar-refractivity contribution < 1.29 is 8.42 Å². The van der Waals surface area contributed by atoms with Gasteiger partial charge in [0, 0.05) is 19.8 Å². The quantitative estimate of drug-likeness (QED) is 0.848. The molecule has 0 aromatic carbocycles. The number of hydrogen-bond acceptors (Lipinski definition) is 4. The van der Waals surface area contributed by atoms with Crippen molar-refractivity contribution in [3.05, 3.63) is 18.3 Å². The molecule has 1 fully saturated rings. The highest BCUT2D eigenvalue weighted by molar-refractivity contribution is 7.89. The topological polar surface area (TPSA) is 71.1 Å². The van der Waals surface area contributed by atoms with E-state index in [1.807, 2.05) is 0 Å². The third-order valence-electron chi connectivity index (χ3n) is 3.53. The fraction of sp³-hybridized carbons (Fsp3) is 0.583. The molecule has 1 atom stereocenters. The third kappa shape index (κ3) is 2.64. The number of pyridine rings is 1. The summed E-state index contributed by atoms with van der Waals surface area (Å²) in [4.78, 5) is 3.94. The number of rotatable bonds is 5. The standard InChI is InChI=1S/C12H19N3O2S/c1-12(2)7-9(12)8-15-18(16,17)11-10(13-3)5-4-6-14-11/h4-6,9,13,15H,7-8H2,1-3H3. The van der Waals surface area contributed by atoms with Gasteiger partial charge in [-0.15, -0.1) is 0 Å². The Kier molecular flexibility index (Phi) is 3.33. The van der Waals surface area contributed by atoms with E-state index in [-0.39, 0.29) is 10.4 Å². The molecule has 1 saturated carbocycles. The van der Waals surface area contributed by atoms with Crippen molar-refractivity contribution in [3.8, 4) is 0 Å². The van der Waals surface area contributed by atoms with Crippen LogP contribution in [0.15, 0.2) is 23.4 Å². The average Bonchev–Trinajstić information content (AvgIpc) is 2.95. The van der Waals surface area contributed by atoms with Crippen molar-refractivity contribution in [2.45, 2.75) is 25.3 Å². The van der Waals surface area contributed by atoms with E-state index in [1.54, 1.807) is 19.2 Å². The largest absolute Gasteiger partial charge is 0.386 e. The van der Waals surface area contributed by atoms with E-state index in [1.165, 1.54) is 6.20 Å². The smallest absolute Gasteiger partial charge is 0.260 e. The molecule has 6 heteroatoms. The summed E-state index contributed by atoms with van der Waals surface area (Å²) >= 11 is 0. The van der Waals surface area contributed by atoms with E-state index in [9.17, 15) is 8.42 Å². The molecule has 5 nitrogen and oxygen atoms in total. The van der Waals surface area contributed by atoms with Gasteiger partial charge >= 0.3 is 0 Å². The molecule has 1 unspecified atom stereocenters. The van der Waals surface area contributed by atoms with Crippen LogP contribution in [-0.2, 0) is 10.0 Å². The Balaban J connectivity index is 2.11. The van der Waals surface area contributed by atoms with Gasteiger partial charge in [0.15, 0.2) is 5.03 Å². The molecule has 0 saturated heterocycles. The normalized spacial score (nSPS) is 21.6. The van der Waals surface area contributed by atoms with Crippen LogP contribution >= 0.6 is 0 Å². The Hall–Kier alpha value is -1.14. The lowest BCUT2D eigenvalue weighted by atomic mass is 10.1. The lowest BCUT2D eigenvalue weighted by molar-refractivity contribution is 0.536. The Bertz CT molecular complexity index is 540. The van der Waals surface area contributed by atoms with Gasteiger partial charge in [-0.2, -0.15) is 0 Å². The van der Waals surface area contributed by atoms with Crippen LogP contribution < -0.4 is 10.0 Å². The van der Waals surface area contributed by atoms with Crippen molar-refractivity contribution in [3.63, 3.8) is 0 Å². The highest BCUT2D eigenvalue weighted by Gasteiger charge is 2.45. The molecule has 2 rings (SSSR count). The van der Waals surface area contributed by atoms with Gasteiger partial charge in [-0.3, -0.25) is 0 Å². The van der Waals surface area contributed by atoms with Crippen molar-refractivity contribution in [2.75, 3.05) is 18.9 Å². The fourth-order valence-corrected chi connectivity index (χ4v) is 3.22. The van der Waals surface area contributed by atoms with Crippen molar-refractivity contribution in [1.29, 1.82) is 0 Å². The minimum Gasteiger partial charge on any atom is -0.386 e.